The first-order chi connectivity index (χ1) is 14.5. The molecule has 1 aliphatic rings. The van der Waals surface area contributed by atoms with Crippen LogP contribution in [0.15, 0.2) is 47.3 Å². The quantitative estimate of drug-likeness (QED) is 0.590. The normalized spacial score (nSPS) is 13.3. The second-order valence-electron chi connectivity index (χ2n) is 6.88. The number of benzene rings is 2. The molecule has 1 aliphatic heterocycles. The van der Waals surface area contributed by atoms with Gasteiger partial charge in [-0.05, 0) is 18.2 Å². The number of aliphatic hydroxyl groups is 1. The van der Waals surface area contributed by atoms with Gasteiger partial charge in [-0.3, -0.25) is 9.59 Å². The van der Waals surface area contributed by atoms with Crippen molar-refractivity contribution in [2.24, 2.45) is 7.05 Å². The summed E-state index contributed by atoms with van der Waals surface area (Å²) in [5, 5.41) is 18.1. The summed E-state index contributed by atoms with van der Waals surface area (Å²) in [6.07, 6.45) is -0.908. The number of nitrogens with zero attached hydrogens (tertiary/aromatic N) is 2. The van der Waals surface area contributed by atoms with Crippen LogP contribution in [0.5, 0.6) is 17.2 Å². The number of rotatable bonds is 7. The van der Waals surface area contributed by atoms with Crippen LogP contribution in [-0.2, 0) is 18.3 Å². The van der Waals surface area contributed by atoms with E-state index in [0.717, 1.165) is 0 Å². The van der Waals surface area contributed by atoms with Gasteiger partial charge in [0.05, 0.1) is 17.5 Å². The maximum Gasteiger partial charge on any atom is 0.274 e. The molecule has 1 amide bonds. The van der Waals surface area contributed by atoms with Crippen LogP contribution >= 0.6 is 0 Å². The van der Waals surface area contributed by atoms with E-state index in [2.05, 4.69) is 10.4 Å². The van der Waals surface area contributed by atoms with E-state index in [1.54, 1.807) is 49.5 Å². The van der Waals surface area contributed by atoms with Gasteiger partial charge in [-0.2, -0.15) is 5.10 Å². The molecule has 156 valence electrons. The number of nitrogens with one attached hydrogen (secondary N) is 1. The van der Waals surface area contributed by atoms with Gasteiger partial charge in [0.25, 0.3) is 5.56 Å². The summed E-state index contributed by atoms with van der Waals surface area (Å²) < 4.78 is 17.3. The largest absolute Gasteiger partial charge is 0.491 e. The highest BCUT2D eigenvalue weighted by atomic mass is 16.7. The van der Waals surface area contributed by atoms with Gasteiger partial charge in [-0.15, -0.1) is 0 Å². The zero-order valence-electron chi connectivity index (χ0n) is 16.3. The molecule has 9 nitrogen and oxygen atoms in total. The molecular formula is C21H21N3O6. The summed E-state index contributed by atoms with van der Waals surface area (Å²) in [5.74, 6) is 1.46. The third kappa shape index (κ3) is 4.20. The lowest BCUT2D eigenvalue weighted by molar-refractivity contribution is -0.121. The molecule has 0 aliphatic carbocycles. The fourth-order valence-corrected chi connectivity index (χ4v) is 3.17. The number of fused-ring (bicyclic) bond motifs is 2. The molecule has 0 radical (unpaired) electrons. The summed E-state index contributed by atoms with van der Waals surface area (Å²) in [6, 6.07) is 12.2. The van der Waals surface area contributed by atoms with Crippen molar-refractivity contribution >= 4 is 16.7 Å². The number of ether oxygens (including phenoxy) is 3. The van der Waals surface area contributed by atoms with Crippen molar-refractivity contribution in [2.45, 2.75) is 12.5 Å². The molecular weight excluding hydrogens is 390 g/mol. The van der Waals surface area contributed by atoms with Crippen LogP contribution in [0.4, 0.5) is 0 Å². The van der Waals surface area contributed by atoms with Crippen LogP contribution in [-0.4, -0.2) is 46.8 Å². The summed E-state index contributed by atoms with van der Waals surface area (Å²) in [5.41, 5.74) is 0.280. The lowest BCUT2D eigenvalue weighted by Crippen LogP contribution is -2.36. The molecule has 0 fully saturated rings. The molecule has 0 saturated heterocycles. The van der Waals surface area contributed by atoms with Crippen molar-refractivity contribution in [3.8, 4) is 17.2 Å². The Morgan fingerprint density at radius 2 is 2.00 bits per heavy atom. The third-order valence-corrected chi connectivity index (χ3v) is 4.68. The van der Waals surface area contributed by atoms with Gasteiger partial charge in [0.15, 0.2) is 11.5 Å². The smallest absolute Gasteiger partial charge is 0.274 e. The molecule has 1 atom stereocenters. The Hall–Kier alpha value is -3.59. The lowest BCUT2D eigenvalue weighted by atomic mass is 10.1. The Bertz CT molecular complexity index is 1140. The molecule has 4 rings (SSSR count). The van der Waals surface area contributed by atoms with Gasteiger partial charge >= 0.3 is 0 Å². The first-order valence-electron chi connectivity index (χ1n) is 9.43. The molecule has 2 aromatic carbocycles. The van der Waals surface area contributed by atoms with E-state index >= 15 is 0 Å². The van der Waals surface area contributed by atoms with E-state index in [9.17, 15) is 14.7 Å². The highest BCUT2D eigenvalue weighted by molar-refractivity contribution is 5.88. The Labute approximate surface area is 171 Å². The highest BCUT2D eigenvalue weighted by Gasteiger charge is 2.16. The van der Waals surface area contributed by atoms with Crippen LogP contribution < -0.4 is 25.1 Å². The van der Waals surface area contributed by atoms with Gasteiger partial charge in [-0.1, -0.05) is 18.2 Å². The summed E-state index contributed by atoms with van der Waals surface area (Å²) in [7, 11) is 1.55. The monoisotopic (exact) mass is 411 g/mol. The first kappa shape index (κ1) is 19.7. The average molecular weight is 411 g/mol. The van der Waals surface area contributed by atoms with Crippen LogP contribution in [0, 0.1) is 0 Å². The molecule has 3 aromatic rings. The van der Waals surface area contributed by atoms with Crippen LogP contribution in [0.3, 0.4) is 0 Å². The number of hydrogen-bond acceptors (Lipinski definition) is 7. The van der Waals surface area contributed by atoms with Crippen molar-refractivity contribution < 1.29 is 24.1 Å². The van der Waals surface area contributed by atoms with Gasteiger partial charge in [-0.25, -0.2) is 4.68 Å². The van der Waals surface area contributed by atoms with Gasteiger partial charge in [0.2, 0.25) is 12.7 Å². The molecule has 1 aromatic heterocycles. The van der Waals surface area contributed by atoms with Gasteiger partial charge in [0, 0.05) is 25.0 Å². The second kappa shape index (κ2) is 8.42. The molecule has 2 N–H and O–H groups in total. The zero-order valence-corrected chi connectivity index (χ0v) is 16.3. The standard InChI is InChI=1S/C21H21N3O6/c1-24-21(27)16-5-3-2-4-15(16)17(23-24)9-20(26)22-10-13(25)11-28-14-6-7-18-19(8-14)30-12-29-18/h2-8,13,25H,9-12H2,1H3,(H,22,26). The number of hydrogen-bond donors (Lipinski definition) is 2. The van der Waals surface area contributed by atoms with E-state index in [1.807, 2.05) is 0 Å². The minimum absolute atomic E-state index is 0.000936. The summed E-state index contributed by atoms with van der Waals surface area (Å²) in [6.45, 7) is 0.196. The minimum atomic E-state index is -0.899. The Kier molecular flexibility index (Phi) is 5.53. The average Bonchev–Trinajstić information content (AvgIpc) is 3.22. The van der Waals surface area contributed by atoms with Crippen LogP contribution in [0.25, 0.3) is 10.8 Å². The van der Waals surface area contributed by atoms with E-state index in [1.165, 1.54) is 4.68 Å². The number of carbonyl (C=O) groups is 1. The summed E-state index contributed by atoms with van der Waals surface area (Å²) in [4.78, 5) is 24.5. The number of aromatic nitrogens is 2. The van der Waals surface area contributed by atoms with E-state index in [4.69, 9.17) is 14.2 Å². The first-order valence-corrected chi connectivity index (χ1v) is 9.43. The molecule has 9 heteroatoms. The van der Waals surface area contributed by atoms with Crippen molar-refractivity contribution in [2.75, 3.05) is 19.9 Å². The summed E-state index contributed by atoms with van der Waals surface area (Å²) >= 11 is 0. The predicted molar refractivity (Wildman–Crippen MR) is 108 cm³/mol. The van der Waals surface area contributed by atoms with E-state index in [0.29, 0.717) is 33.7 Å². The van der Waals surface area contributed by atoms with Crippen molar-refractivity contribution in [3.05, 3.63) is 58.5 Å². The Morgan fingerprint density at radius 3 is 2.83 bits per heavy atom. The lowest BCUT2D eigenvalue weighted by Gasteiger charge is -2.14. The maximum atomic E-state index is 12.3. The number of carbonyl (C=O) groups excluding carboxylic acids is 1. The molecule has 0 bridgehead atoms. The molecule has 0 spiro atoms. The fraction of sp³-hybridized carbons (Fsp3) is 0.286. The van der Waals surface area contributed by atoms with Crippen molar-refractivity contribution in [3.63, 3.8) is 0 Å². The highest BCUT2D eigenvalue weighted by Crippen LogP contribution is 2.35. The topological polar surface area (TPSA) is 112 Å². The number of aliphatic hydroxyl groups excluding tert-OH is 1. The van der Waals surface area contributed by atoms with Crippen molar-refractivity contribution in [1.29, 1.82) is 0 Å². The van der Waals surface area contributed by atoms with E-state index in [-0.39, 0.29) is 37.8 Å². The molecule has 1 unspecified atom stereocenters. The third-order valence-electron chi connectivity index (χ3n) is 4.68. The zero-order chi connectivity index (χ0) is 21.1. The van der Waals surface area contributed by atoms with E-state index < -0.39 is 6.10 Å². The predicted octanol–water partition coefficient (Wildman–Crippen LogP) is 0.761. The number of amides is 1. The van der Waals surface area contributed by atoms with Gasteiger partial charge < -0.3 is 24.6 Å². The molecule has 2 heterocycles. The molecule has 0 saturated carbocycles. The maximum absolute atomic E-state index is 12.3. The Morgan fingerprint density at radius 1 is 1.23 bits per heavy atom. The SMILES string of the molecule is Cn1nc(CC(=O)NCC(O)COc2ccc3c(c2)OCO3)c2ccccc2c1=O. The van der Waals surface area contributed by atoms with Gasteiger partial charge in [0.1, 0.15) is 18.5 Å². The Balaban J connectivity index is 1.31. The van der Waals surface area contributed by atoms with Crippen LogP contribution in [0.1, 0.15) is 5.69 Å². The fourth-order valence-electron chi connectivity index (χ4n) is 3.17. The van der Waals surface area contributed by atoms with Crippen molar-refractivity contribution in [1.82, 2.24) is 15.1 Å². The molecule has 30 heavy (non-hydrogen) atoms. The minimum Gasteiger partial charge on any atom is -0.491 e. The second-order valence-corrected chi connectivity index (χ2v) is 6.88. The van der Waals surface area contributed by atoms with Crippen LogP contribution in [0.2, 0.25) is 0 Å². The number of aryl methyl sites for hydroxylation is 1.